The lowest BCUT2D eigenvalue weighted by Crippen LogP contribution is -2.42. The van der Waals surface area contributed by atoms with Gasteiger partial charge in [-0.05, 0) is 12.8 Å². The van der Waals surface area contributed by atoms with Crippen molar-refractivity contribution in [2.24, 2.45) is 0 Å². The lowest BCUT2D eigenvalue weighted by atomic mass is 10.3. The summed E-state index contributed by atoms with van der Waals surface area (Å²) in [5.74, 6) is 0. The molecule has 0 bridgehead atoms. The molecule has 1 aliphatic carbocycles. The molecule has 15 heavy (non-hydrogen) atoms. The summed E-state index contributed by atoms with van der Waals surface area (Å²) in [5, 5.41) is 1.75. The number of hydrogen-bond acceptors (Lipinski definition) is 3. The quantitative estimate of drug-likeness (QED) is 0.586. The van der Waals surface area contributed by atoms with Gasteiger partial charge in [0, 0.05) is 0 Å². The van der Waals surface area contributed by atoms with Gasteiger partial charge in [0.05, 0.1) is 0 Å². The van der Waals surface area contributed by atoms with Crippen molar-refractivity contribution in [2.45, 2.75) is 24.6 Å². The molecule has 0 saturated heterocycles. The van der Waals surface area contributed by atoms with Gasteiger partial charge in [-0.15, -0.1) is 0 Å². The van der Waals surface area contributed by atoms with Crippen LogP contribution in [-0.4, -0.2) is 30.5 Å². The molecular formula is C7H7F4NO3. The first-order valence-corrected chi connectivity index (χ1v) is 3.97. The van der Waals surface area contributed by atoms with Crippen molar-refractivity contribution in [1.29, 1.82) is 0 Å². The fraction of sp³-hybridized carbons (Fsp3) is 0.714. The fourth-order valence-corrected chi connectivity index (χ4v) is 0.875. The Morgan fingerprint density at radius 3 is 2.20 bits per heavy atom. The maximum Gasteiger partial charge on any atom is 0.422 e. The maximum atomic E-state index is 12.2. The minimum atomic E-state index is -4.65. The van der Waals surface area contributed by atoms with Crippen LogP contribution < -0.4 is 5.32 Å². The average Bonchev–Trinajstić information content (AvgIpc) is 2.81. The van der Waals surface area contributed by atoms with Gasteiger partial charge in [0.15, 0.2) is 6.61 Å². The van der Waals surface area contributed by atoms with Crippen LogP contribution in [0.5, 0.6) is 0 Å². The van der Waals surface area contributed by atoms with E-state index in [1.165, 1.54) is 0 Å². The molecule has 1 rings (SSSR count). The Bertz CT molecular complexity index is 284. The van der Waals surface area contributed by atoms with Crippen LogP contribution in [0.15, 0.2) is 0 Å². The summed E-state index contributed by atoms with van der Waals surface area (Å²) in [6.07, 6.45) is -5.95. The summed E-state index contributed by atoms with van der Waals surface area (Å²) in [7, 11) is 0. The van der Waals surface area contributed by atoms with Crippen molar-refractivity contribution < 1.29 is 31.9 Å². The van der Waals surface area contributed by atoms with Gasteiger partial charge in [-0.3, -0.25) is 4.79 Å². The highest BCUT2D eigenvalue weighted by atomic mass is 19.4. The third-order valence-corrected chi connectivity index (χ3v) is 1.83. The van der Waals surface area contributed by atoms with E-state index in [4.69, 9.17) is 0 Å². The van der Waals surface area contributed by atoms with E-state index in [-0.39, 0.29) is 12.8 Å². The third kappa shape index (κ3) is 3.37. The first-order chi connectivity index (χ1) is 6.75. The lowest BCUT2D eigenvalue weighted by Gasteiger charge is -2.12. The van der Waals surface area contributed by atoms with E-state index in [1.807, 2.05) is 0 Å². The molecule has 1 amide bonds. The molecule has 1 N–H and O–H groups in total. The summed E-state index contributed by atoms with van der Waals surface area (Å²) < 4.78 is 50.7. The molecule has 0 heterocycles. The van der Waals surface area contributed by atoms with Crippen molar-refractivity contribution >= 4 is 12.1 Å². The number of rotatable bonds is 3. The molecule has 1 saturated carbocycles. The minimum absolute atomic E-state index is 0.0729. The highest BCUT2D eigenvalue weighted by molar-refractivity contribution is 5.87. The van der Waals surface area contributed by atoms with Crippen LogP contribution in [0.4, 0.5) is 22.4 Å². The number of ether oxygens (including phenoxy) is 1. The molecule has 0 aromatic rings. The van der Waals surface area contributed by atoms with E-state index in [9.17, 15) is 27.2 Å². The first kappa shape index (κ1) is 11.7. The van der Waals surface area contributed by atoms with Crippen LogP contribution in [0.1, 0.15) is 12.8 Å². The molecule has 1 aliphatic rings. The van der Waals surface area contributed by atoms with Crippen LogP contribution in [0.3, 0.4) is 0 Å². The largest absolute Gasteiger partial charge is 0.440 e. The third-order valence-electron chi connectivity index (χ3n) is 1.83. The topological polar surface area (TPSA) is 55.4 Å². The van der Waals surface area contributed by atoms with E-state index >= 15 is 0 Å². The van der Waals surface area contributed by atoms with E-state index < -0.39 is 30.5 Å². The Morgan fingerprint density at radius 1 is 1.33 bits per heavy atom. The van der Waals surface area contributed by atoms with Crippen molar-refractivity contribution in [1.82, 2.24) is 5.32 Å². The monoisotopic (exact) mass is 229 g/mol. The first-order valence-electron chi connectivity index (χ1n) is 3.97. The van der Waals surface area contributed by atoms with Crippen LogP contribution in [0.25, 0.3) is 0 Å². The molecule has 86 valence electrons. The van der Waals surface area contributed by atoms with Crippen LogP contribution >= 0.6 is 0 Å². The summed E-state index contributed by atoms with van der Waals surface area (Å²) in [5.41, 5.74) is -1.65. The molecule has 8 heteroatoms. The van der Waals surface area contributed by atoms with Gasteiger partial charge in [-0.25, -0.2) is 4.79 Å². The number of nitrogens with one attached hydrogen (secondary N) is 1. The molecule has 4 nitrogen and oxygen atoms in total. The van der Waals surface area contributed by atoms with Gasteiger partial charge in [-0.1, -0.05) is 0 Å². The maximum absolute atomic E-state index is 12.2. The summed E-state index contributed by atoms with van der Waals surface area (Å²) in [6, 6.07) is -1.77. The fourth-order valence-electron chi connectivity index (χ4n) is 0.875. The van der Waals surface area contributed by atoms with Crippen molar-refractivity contribution in [3.8, 4) is 0 Å². The van der Waals surface area contributed by atoms with Gasteiger partial charge < -0.3 is 10.1 Å². The molecule has 0 aromatic carbocycles. The highest BCUT2D eigenvalue weighted by Gasteiger charge is 2.52. The van der Waals surface area contributed by atoms with Crippen molar-refractivity contribution in [3.05, 3.63) is 0 Å². The predicted octanol–water partition coefficient (Wildman–Crippen LogP) is 1.30. The van der Waals surface area contributed by atoms with Gasteiger partial charge in [0.1, 0.15) is 5.54 Å². The van der Waals surface area contributed by atoms with Crippen LogP contribution in [0, 0.1) is 0 Å². The number of halogens is 4. The Kier molecular flexibility index (Phi) is 2.87. The molecule has 1 fully saturated rings. The van der Waals surface area contributed by atoms with E-state index in [0.717, 1.165) is 0 Å². The lowest BCUT2D eigenvalue weighted by molar-refractivity contribution is -0.160. The van der Waals surface area contributed by atoms with Gasteiger partial charge >= 0.3 is 18.3 Å². The minimum Gasteiger partial charge on any atom is -0.440 e. The number of carbonyl (C=O) groups excluding carboxylic acids is 2. The molecule has 0 aromatic heterocycles. The van der Waals surface area contributed by atoms with E-state index in [0.29, 0.717) is 0 Å². The van der Waals surface area contributed by atoms with Crippen molar-refractivity contribution in [3.63, 3.8) is 0 Å². The molecule has 0 spiro atoms. The zero-order valence-electron chi connectivity index (χ0n) is 7.36. The Hall–Kier alpha value is -1.34. The molecule has 0 atom stereocenters. The van der Waals surface area contributed by atoms with Gasteiger partial charge in [-0.2, -0.15) is 17.6 Å². The predicted molar refractivity (Wildman–Crippen MR) is 38.6 cm³/mol. The Morgan fingerprint density at radius 2 is 1.87 bits per heavy atom. The average molecular weight is 229 g/mol. The Balaban J connectivity index is 2.34. The molecule has 0 unspecified atom stereocenters. The second-order valence-electron chi connectivity index (χ2n) is 3.17. The number of carbonyl (C=O) groups is 2. The van der Waals surface area contributed by atoms with Crippen LogP contribution in [-0.2, 0) is 9.53 Å². The molecule has 0 radical (unpaired) electrons. The molecular weight excluding hydrogens is 222 g/mol. The van der Waals surface area contributed by atoms with E-state index in [2.05, 4.69) is 4.74 Å². The van der Waals surface area contributed by atoms with Crippen LogP contribution in [0.2, 0.25) is 0 Å². The van der Waals surface area contributed by atoms with Gasteiger partial charge in [0.2, 0.25) is 0 Å². The summed E-state index contributed by atoms with van der Waals surface area (Å²) >= 11 is 0. The van der Waals surface area contributed by atoms with Crippen molar-refractivity contribution in [2.75, 3.05) is 6.61 Å². The molecule has 0 aliphatic heterocycles. The standard InChI is InChI=1S/C7H7F4NO3/c8-4(13)6(1-2-6)12-5(14)15-3-7(9,10)11/h1-3H2,(H,12,14). The number of alkyl halides is 3. The Labute approximate surface area is 81.6 Å². The number of hydrogen-bond donors (Lipinski definition) is 1. The number of alkyl carbamates (subject to hydrolysis) is 1. The van der Waals surface area contributed by atoms with E-state index in [1.54, 1.807) is 5.32 Å². The summed E-state index contributed by atoms with van der Waals surface area (Å²) in [6.45, 7) is -1.77. The smallest absolute Gasteiger partial charge is 0.422 e. The summed E-state index contributed by atoms with van der Waals surface area (Å²) in [4.78, 5) is 21.0. The zero-order valence-corrected chi connectivity index (χ0v) is 7.36. The second-order valence-corrected chi connectivity index (χ2v) is 3.17. The number of amides is 1. The highest BCUT2D eigenvalue weighted by Crippen LogP contribution is 2.36. The SMILES string of the molecule is O=C(NC1(C(=O)F)CC1)OCC(F)(F)F. The van der Waals surface area contributed by atoms with Gasteiger partial charge in [0.25, 0.3) is 0 Å². The second kappa shape index (κ2) is 3.67. The normalized spacial score (nSPS) is 18.1. The zero-order chi connectivity index (χ0) is 11.7.